The van der Waals surface area contributed by atoms with Gasteiger partial charge in [0.05, 0.1) is 12.6 Å². The third-order valence-corrected chi connectivity index (χ3v) is 3.68. The normalized spacial score (nSPS) is 19.8. The minimum absolute atomic E-state index is 0. The molecule has 1 saturated heterocycles. The van der Waals surface area contributed by atoms with Crippen LogP contribution in [0.5, 0.6) is 0 Å². The van der Waals surface area contributed by atoms with Crippen molar-refractivity contribution in [1.29, 1.82) is 0 Å². The molecule has 0 aromatic carbocycles. The van der Waals surface area contributed by atoms with Crippen LogP contribution in [0.4, 0.5) is 0 Å². The molecular formula is C11H19Cl2N3O2S. The number of hydrogen-bond donors (Lipinski definition) is 2. The van der Waals surface area contributed by atoms with Crippen molar-refractivity contribution in [3.8, 4) is 0 Å². The number of rotatable bonds is 3. The highest BCUT2D eigenvalue weighted by Crippen LogP contribution is 2.19. The van der Waals surface area contributed by atoms with Crippen molar-refractivity contribution in [2.75, 3.05) is 19.7 Å². The van der Waals surface area contributed by atoms with Crippen molar-refractivity contribution in [3.63, 3.8) is 0 Å². The molecule has 110 valence electrons. The zero-order valence-electron chi connectivity index (χ0n) is 10.8. The smallest absolute Gasteiger partial charge is 0.251 e. The third-order valence-electron chi connectivity index (χ3n) is 2.59. The SMILES string of the molecule is Cc1cnc(C(C)NC(=O)C2CNCCO2)s1.Cl.Cl. The first-order valence-electron chi connectivity index (χ1n) is 5.72. The summed E-state index contributed by atoms with van der Waals surface area (Å²) in [4.78, 5) is 17.3. The topological polar surface area (TPSA) is 63.2 Å². The molecule has 1 aromatic heterocycles. The van der Waals surface area contributed by atoms with E-state index in [1.165, 1.54) is 0 Å². The van der Waals surface area contributed by atoms with Crippen molar-refractivity contribution in [3.05, 3.63) is 16.1 Å². The van der Waals surface area contributed by atoms with E-state index in [2.05, 4.69) is 15.6 Å². The van der Waals surface area contributed by atoms with Gasteiger partial charge in [-0.1, -0.05) is 0 Å². The van der Waals surface area contributed by atoms with Crippen LogP contribution in [0.2, 0.25) is 0 Å². The summed E-state index contributed by atoms with van der Waals surface area (Å²) >= 11 is 1.60. The van der Waals surface area contributed by atoms with Gasteiger partial charge >= 0.3 is 0 Å². The number of morpholine rings is 1. The van der Waals surface area contributed by atoms with Crippen molar-refractivity contribution < 1.29 is 9.53 Å². The van der Waals surface area contributed by atoms with E-state index in [1.54, 1.807) is 11.3 Å². The number of aromatic nitrogens is 1. The number of amides is 1. The first kappa shape index (κ1) is 18.6. The zero-order chi connectivity index (χ0) is 12.3. The molecule has 0 radical (unpaired) electrons. The molecule has 19 heavy (non-hydrogen) atoms. The molecule has 1 fully saturated rings. The molecule has 0 aliphatic carbocycles. The van der Waals surface area contributed by atoms with Gasteiger partial charge in [-0.05, 0) is 13.8 Å². The monoisotopic (exact) mass is 327 g/mol. The fourth-order valence-corrected chi connectivity index (χ4v) is 2.45. The molecule has 2 N–H and O–H groups in total. The summed E-state index contributed by atoms with van der Waals surface area (Å²) in [7, 11) is 0. The first-order valence-corrected chi connectivity index (χ1v) is 6.53. The summed E-state index contributed by atoms with van der Waals surface area (Å²) < 4.78 is 5.39. The number of halogens is 2. The molecule has 8 heteroatoms. The van der Waals surface area contributed by atoms with E-state index in [0.717, 1.165) is 16.4 Å². The van der Waals surface area contributed by atoms with Crippen LogP contribution in [0.3, 0.4) is 0 Å². The van der Waals surface area contributed by atoms with Crippen LogP contribution in [0, 0.1) is 6.92 Å². The average molecular weight is 328 g/mol. The average Bonchev–Trinajstić information content (AvgIpc) is 2.77. The molecule has 1 aromatic rings. The number of ether oxygens (including phenoxy) is 1. The molecule has 0 bridgehead atoms. The Morgan fingerprint density at radius 2 is 2.37 bits per heavy atom. The van der Waals surface area contributed by atoms with Gasteiger partial charge in [0, 0.05) is 24.2 Å². The van der Waals surface area contributed by atoms with Crippen molar-refractivity contribution in [2.45, 2.75) is 26.0 Å². The lowest BCUT2D eigenvalue weighted by atomic mass is 10.2. The highest BCUT2D eigenvalue weighted by atomic mass is 35.5. The van der Waals surface area contributed by atoms with Gasteiger partial charge in [0.15, 0.2) is 0 Å². The Kier molecular flexibility index (Phi) is 8.52. The van der Waals surface area contributed by atoms with Crippen LogP contribution in [0.1, 0.15) is 22.9 Å². The maximum atomic E-state index is 11.9. The fraction of sp³-hybridized carbons (Fsp3) is 0.636. The van der Waals surface area contributed by atoms with Crippen LogP contribution in [0.25, 0.3) is 0 Å². The first-order chi connectivity index (χ1) is 8.16. The standard InChI is InChI=1S/C11H17N3O2S.2ClH/c1-7-5-13-11(17-7)8(2)14-10(15)9-6-12-3-4-16-9;;/h5,8-9,12H,3-4,6H2,1-2H3,(H,14,15);2*1H. The van der Waals surface area contributed by atoms with E-state index in [1.807, 2.05) is 20.0 Å². The lowest BCUT2D eigenvalue weighted by Crippen LogP contribution is -2.48. The number of carbonyl (C=O) groups is 1. The Bertz CT molecular complexity index is 397. The van der Waals surface area contributed by atoms with Gasteiger partial charge in [-0.25, -0.2) is 4.98 Å². The fourth-order valence-electron chi connectivity index (χ4n) is 1.67. The van der Waals surface area contributed by atoms with E-state index in [4.69, 9.17) is 4.74 Å². The predicted molar refractivity (Wildman–Crippen MR) is 80.5 cm³/mol. The molecule has 0 saturated carbocycles. The lowest BCUT2D eigenvalue weighted by Gasteiger charge is -2.24. The minimum Gasteiger partial charge on any atom is -0.366 e. The molecule has 2 heterocycles. The number of nitrogens with one attached hydrogen (secondary N) is 2. The van der Waals surface area contributed by atoms with Crippen LogP contribution in [-0.4, -0.2) is 36.7 Å². The van der Waals surface area contributed by atoms with E-state index in [0.29, 0.717) is 13.2 Å². The summed E-state index contributed by atoms with van der Waals surface area (Å²) in [6.07, 6.45) is 1.44. The second kappa shape index (κ2) is 8.71. The zero-order valence-corrected chi connectivity index (χ0v) is 13.3. The summed E-state index contributed by atoms with van der Waals surface area (Å²) in [5.74, 6) is -0.0717. The highest BCUT2D eigenvalue weighted by molar-refractivity contribution is 7.11. The predicted octanol–water partition coefficient (Wildman–Crippen LogP) is 1.46. The second-order valence-corrected chi connectivity index (χ2v) is 5.37. The van der Waals surface area contributed by atoms with E-state index in [9.17, 15) is 4.79 Å². The van der Waals surface area contributed by atoms with E-state index >= 15 is 0 Å². The number of hydrogen-bond acceptors (Lipinski definition) is 5. The van der Waals surface area contributed by atoms with E-state index < -0.39 is 0 Å². The van der Waals surface area contributed by atoms with Gasteiger partial charge < -0.3 is 15.4 Å². The lowest BCUT2D eigenvalue weighted by molar-refractivity contribution is -0.134. The van der Waals surface area contributed by atoms with Gasteiger partial charge in [0.25, 0.3) is 5.91 Å². The highest BCUT2D eigenvalue weighted by Gasteiger charge is 2.23. The van der Waals surface area contributed by atoms with Gasteiger partial charge in [-0.3, -0.25) is 4.79 Å². The van der Waals surface area contributed by atoms with Crippen molar-refractivity contribution in [2.24, 2.45) is 0 Å². The molecular weight excluding hydrogens is 309 g/mol. The molecule has 5 nitrogen and oxygen atoms in total. The number of thiazole rings is 1. The Morgan fingerprint density at radius 3 is 2.89 bits per heavy atom. The van der Waals surface area contributed by atoms with Crippen LogP contribution >= 0.6 is 36.2 Å². The Morgan fingerprint density at radius 1 is 1.63 bits per heavy atom. The molecule has 1 amide bonds. The van der Waals surface area contributed by atoms with Crippen LogP contribution in [0.15, 0.2) is 6.20 Å². The summed E-state index contributed by atoms with van der Waals surface area (Å²) in [5.41, 5.74) is 0. The molecule has 2 unspecified atom stereocenters. The number of nitrogens with zero attached hydrogens (tertiary/aromatic N) is 1. The molecule has 1 aliphatic rings. The summed E-state index contributed by atoms with van der Waals surface area (Å²) in [5, 5.41) is 6.99. The summed E-state index contributed by atoms with van der Waals surface area (Å²) in [6, 6.07) is -0.0632. The maximum Gasteiger partial charge on any atom is 0.251 e. The maximum absolute atomic E-state index is 11.9. The van der Waals surface area contributed by atoms with Crippen LogP contribution < -0.4 is 10.6 Å². The minimum atomic E-state index is -0.382. The number of carbonyl (C=O) groups excluding carboxylic acids is 1. The Hall–Kier alpha value is -0.400. The van der Waals surface area contributed by atoms with Gasteiger partial charge in [0.2, 0.25) is 0 Å². The molecule has 2 rings (SSSR count). The van der Waals surface area contributed by atoms with E-state index in [-0.39, 0.29) is 42.9 Å². The van der Waals surface area contributed by atoms with Gasteiger partial charge in [-0.15, -0.1) is 36.2 Å². The third kappa shape index (κ3) is 5.24. The van der Waals surface area contributed by atoms with Crippen molar-refractivity contribution in [1.82, 2.24) is 15.6 Å². The van der Waals surface area contributed by atoms with Gasteiger partial charge in [0.1, 0.15) is 11.1 Å². The molecule has 2 atom stereocenters. The molecule has 1 aliphatic heterocycles. The second-order valence-electron chi connectivity index (χ2n) is 4.10. The number of aryl methyl sites for hydroxylation is 1. The van der Waals surface area contributed by atoms with Crippen LogP contribution in [-0.2, 0) is 9.53 Å². The summed E-state index contributed by atoms with van der Waals surface area (Å²) in [6.45, 7) is 5.92. The van der Waals surface area contributed by atoms with Crippen molar-refractivity contribution >= 4 is 42.1 Å². The Balaban J connectivity index is 0.00000162. The molecule has 0 spiro atoms. The largest absolute Gasteiger partial charge is 0.366 e. The quantitative estimate of drug-likeness (QED) is 0.882. The Labute approximate surface area is 129 Å². The van der Waals surface area contributed by atoms with Gasteiger partial charge in [-0.2, -0.15) is 0 Å².